The quantitative estimate of drug-likeness (QED) is 0.863. The maximum atomic E-state index is 13.5. The summed E-state index contributed by atoms with van der Waals surface area (Å²) < 4.78 is 13.5. The molecule has 0 spiro atoms. The van der Waals surface area contributed by atoms with Gasteiger partial charge in [0.05, 0.1) is 0 Å². The van der Waals surface area contributed by atoms with Crippen molar-refractivity contribution in [2.45, 2.75) is 13.8 Å². The SMILES string of the molecule is CNc1cc(C)nc(-c2ccc(C)c(F)c2)n1. The van der Waals surface area contributed by atoms with E-state index in [0.717, 1.165) is 11.5 Å². The van der Waals surface area contributed by atoms with Crippen LogP contribution in [0.4, 0.5) is 10.2 Å². The van der Waals surface area contributed by atoms with E-state index in [1.165, 1.54) is 6.07 Å². The Morgan fingerprint density at radius 3 is 2.53 bits per heavy atom. The number of anilines is 1. The number of rotatable bonds is 2. The third kappa shape index (κ3) is 2.41. The van der Waals surface area contributed by atoms with Gasteiger partial charge in [0, 0.05) is 24.4 Å². The van der Waals surface area contributed by atoms with E-state index in [1.54, 1.807) is 20.0 Å². The van der Waals surface area contributed by atoms with Gasteiger partial charge in [-0.15, -0.1) is 0 Å². The van der Waals surface area contributed by atoms with Gasteiger partial charge >= 0.3 is 0 Å². The summed E-state index contributed by atoms with van der Waals surface area (Å²) in [6.45, 7) is 3.62. The van der Waals surface area contributed by atoms with Gasteiger partial charge in [-0.1, -0.05) is 12.1 Å². The molecule has 0 saturated carbocycles. The van der Waals surface area contributed by atoms with Gasteiger partial charge in [0.2, 0.25) is 0 Å². The van der Waals surface area contributed by atoms with Crippen LogP contribution in [0.3, 0.4) is 0 Å². The number of benzene rings is 1. The molecule has 0 atom stereocenters. The lowest BCUT2D eigenvalue weighted by Crippen LogP contribution is -1.98. The van der Waals surface area contributed by atoms with E-state index in [1.807, 2.05) is 19.1 Å². The molecule has 0 fully saturated rings. The van der Waals surface area contributed by atoms with Crippen LogP contribution in [0.25, 0.3) is 11.4 Å². The van der Waals surface area contributed by atoms with Crippen molar-refractivity contribution in [2.24, 2.45) is 0 Å². The minimum atomic E-state index is -0.237. The summed E-state index contributed by atoms with van der Waals surface area (Å²) in [5, 5.41) is 2.96. The molecule has 88 valence electrons. The number of nitrogens with one attached hydrogen (secondary N) is 1. The van der Waals surface area contributed by atoms with Crippen molar-refractivity contribution in [3.63, 3.8) is 0 Å². The topological polar surface area (TPSA) is 37.8 Å². The van der Waals surface area contributed by atoms with E-state index in [4.69, 9.17) is 0 Å². The van der Waals surface area contributed by atoms with Crippen LogP contribution in [0.5, 0.6) is 0 Å². The Hall–Kier alpha value is -1.97. The van der Waals surface area contributed by atoms with E-state index in [-0.39, 0.29) is 5.82 Å². The number of hydrogen-bond acceptors (Lipinski definition) is 3. The van der Waals surface area contributed by atoms with Crippen molar-refractivity contribution in [1.29, 1.82) is 0 Å². The van der Waals surface area contributed by atoms with E-state index >= 15 is 0 Å². The molecule has 1 aromatic heterocycles. The van der Waals surface area contributed by atoms with Crippen molar-refractivity contribution in [3.05, 3.63) is 41.3 Å². The lowest BCUT2D eigenvalue weighted by molar-refractivity contribution is 0.619. The highest BCUT2D eigenvalue weighted by atomic mass is 19.1. The molecule has 1 N–H and O–H groups in total. The van der Waals surface area contributed by atoms with Crippen molar-refractivity contribution in [1.82, 2.24) is 9.97 Å². The average Bonchev–Trinajstić information content (AvgIpc) is 2.32. The predicted molar refractivity (Wildman–Crippen MR) is 66.4 cm³/mol. The summed E-state index contributed by atoms with van der Waals surface area (Å²) in [6.07, 6.45) is 0. The second kappa shape index (κ2) is 4.49. The second-order valence-corrected chi connectivity index (χ2v) is 3.93. The molecule has 17 heavy (non-hydrogen) atoms. The number of hydrogen-bond donors (Lipinski definition) is 1. The molecular weight excluding hydrogens is 217 g/mol. The highest BCUT2D eigenvalue weighted by Gasteiger charge is 2.06. The summed E-state index contributed by atoms with van der Waals surface area (Å²) >= 11 is 0. The van der Waals surface area contributed by atoms with Crippen LogP contribution in [0, 0.1) is 19.7 Å². The average molecular weight is 231 g/mol. The second-order valence-electron chi connectivity index (χ2n) is 3.93. The molecule has 0 amide bonds. The van der Waals surface area contributed by atoms with Gasteiger partial charge in [-0.05, 0) is 25.5 Å². The third-order valence-electron chi connectivity index (χ3n) is 2.54. The molecule has 0 unspecified atom stereocenters. The van der Waals surface area contributed by atoms with Gasteiger partial charge in [0.1, 0.15) is 11.6 Å². The molecule has 0 aliphatic rings. The first kappa shape index (κ1) is 11.5. The molecule has 4 heteroatoms. The first-order valence-corrected chi connectivity index (χ1v) is 5.40. The molecule has 0 bridgehead atoms. The lowest BCUT2D eigenvalue weighted by atomic mass is 10.1. The third-order valence-corrected chi connectivity index (χ3v) is 2.54. The fourth-order valence-electron chi connectivity index (χ4n) is 1.56. The van der Waals surface area contributed by atoms with Crippen LogP contribution in [-0.4, -0.2) is 17.0 Å². The molecule has 0 saturated heterocycles. The Morgan fingerprint density at radius 1 is 1.12 bits per heavy atom. The van der Waals surface area contributed by atoms with E-state index in [2.05, 4.69) is 15.3 Å². The fraction of sp³-hybridized carbons (Fsp3) is 0.231. The van der Waals surface area contributed by atoms with Crippen LogP contribution in [0.1, 0.15) is 11.3 Å². The lowest BCUT2D eigenvalue weighted by Gasteiger charge is -2.06. The van der Waals surface area contributed by atoms with Crippen LogP contribution in [0.2, 0.25) is 0 Å². The van der Waals surface area contributed by atoms with Gasteiger partial charge in [0.25, 0.3) is 0 Å². The standard InChI is InChI=1S/C13H14FN3/c1-8-4-5-10(7-11(8)14)13-16-9(2)6-12(15-3)17-13/h4-7H,1-3H3,(H,15,16,17). The molecule has 0 aliphatic carbocycles. The Kier molecular flexibility index (Phi) is 3.04. The van der Waals surface area contributed by atoms with Gasteiger partial charge < -0.3 is 5.32 Å². The van der Waals surface area contributed by atoms with Crippen LogP contribution in [-0.2, 0) is 0 Å². The molecule has 1 heterocycles. The smallest absolute Gasteiger partial charge is 0.161 e. The molecule has 0 radical (unpaired) electrons. The Morgan fingerprint density at radius 2 is 1.88 bits per heavy atom. The predicted octanol–water partition coefficient (Wildman–Crippen LogP) is 2.94. The highest BCUT2D eigenvalue weighted by molar-refractivity contribution is 5.58. The van der Waals surface area contributed by atoms with Crippen molar-refractivity contribution in [2.75, 3.05) is 12.4 Å². The van der Waals surface area contributed by atoms with Gasteiger partial charge in [-0.25, -0.2) is 14.4 Å². The van der Waals surface area contributed by atoms with E-state index in [9.17, 15) is 4.39 Å². The monoisotopic (exact) mass is 231 g/mol. The summed E-state index contributed by atoms with van der Waals surface area (Å²) in [7, 11) is 1.79. The zero-order valence-corrected chi connectivity index (χ0v) is 10.1. The van der Waals surface area contributed by atoms with Gasteiger partial charge in [-0.2, -0.15) is 0 Å². The van der Waals surface area contributed by atoms with Gasteiger partial charge in [-0.3, -0.25) is 0 Å². The minimum Gasteiger partial charge on any atom is -0.373 e. The largest absolute Gasteiger partial charge is 0.373 e. The molecule has 3 nitrogen and oxygen atoms in total. The van der Waals surface area contributed by atoms with Gasteiger partial charge in [0.15, 0.2) is 5.82 Å². The molecule has 0 aliphatic heterocycles. The molecule has 2 rings (SSSR count). The first-order valence-electron chi connectivity index (χ1n) is 5.40. The number of halogens is 1. The first-order chi connectivity index (χ1) is 8.10. The zero-order chi connectivity index (χ0) is 12.4. The number of nitrogens with zero attached hydrogens (tertiary/aromatic N) is 2. The van der Waals surface area contributed by atoms with Crippen molar-refractivity contribution >= 4 is 5.82 Å². The van der Waals surface area contributed by atoms with E-state index in [0.29, 0.717) is 17.0 Å². The molecular formula is C13H14FN3. The summed E-state index contributed by atoms with van der Waals surface area (Å²) in [5.41, 5.74) is 2.16. The fourth-order valence-corrected chi connectivity index (χ4v) is 1.56. The highest BCUT2D eigenvalue weighted by Crippen LogP contribution is 2.20. The maximum Gasteiger partial charge on any atom is 0.161 e. The summed E-state index contributed by atoms with van der Waals surface area (Å²) in [4.78, 5) is 8.61. The van der Waals surface area contributed by atoms with Crippen LogP contribution >= 0.6 is 0 Å². The molecule has 2 aromatic rings. The normalized spacial score (nSPS) is 10.4. The Balaban J connectivity index is 2.52. The maximum absolute atomic E-state index is 13.5. The van der Waals surface area contributed by atoms with Crippen LogP contribution in [0.15, 0.2) is 24.3 Å². The van der Waals surface area contributed by atoms with E-state index < -0.39 is 0 Å². The Labute approximate surface area is 99.7 Å². The molecule has 1 aromatic carbocycles. The Bertz CT molecular complexity index is 552. The van der Waals surface area contributed by atoms with Crippen LogP contribution < -0.4 is 5.32 Å². The van der Waals surface area contributed by atoms with Crippen molar-refractivity contribution < 1.29 is 4.39 Å². The minimum absolute atomic E-state index is 0.237. The van der Waals surface area contributed by atoms with Crippen molar-refractivity contribution in [3.8, 4) is 11.4 Å². The summed E-state index contributed by atoms with van der Waals surface area (Å²) in [5.74, 6) is 1.03. The summed E-state index contributed by atoms with van der Waals surface area (Å²) in [6, 6.07) is 6.86. The number of aryl methyl sites for hydroxylation is 2. The number of aromatic nitrogens is 2. The zero-order valence-electron chi connectivity index (χ0n) is 10.1.